The number of thioether (sulfide) groups is 1. The quantitative estimate of drug-likeness (QED) is 0.298. The number of thiazole rings is 1. The predicted molar refractivity (Wildman–Crippen MR) is 129 cm³/mol. The van der Waals surface area contributed by atoms with Crippen LogP contribution in [-0.2, 0) is 12.3 Å². The fraction of sp³-hybridized carbons (Fsp3) is 0.217. The zero-order chi connectivity index (χ0) is 22.1. The molecule has 0 spiro atoms. The van der Waals surface area contributed by atoms with Crippen molar-refractivity contribution >= 4 is 45.2 Å². The second-order valence-corrected chi connectivity index (χ2v) is 8.80. The van der Waals surface area contributed by atoms with E-state index in [0.29, 0.717) is 22.4 Å². The topological polar surface area (TPSA) is 75.0 Å². The molecule has 7 nitrogen and oxygen atoms in total. The van der Waals surface area contributed by atoms with E-state index in [9.17, 15) is 0 Å². The first-order valence-corrected chi connectivity index (χ1v) is 12.0. The van der Waals surface area contributed by atoms with E-state index in [1.807, 2.05) is 30.3 Å². The van der Waals surface area contributed by atoms with Gasteiger partial charge in [-0.05, 0) is 25.1 Å². The summed E-state index contributed by atoms with van der Waals surface area (Å²) >= 11 is 3.11. The molecule has 0 N–H and O–H groups in total. The van der Waals surface area contributed by atoms with E-state index in [-0.39, 0.29) is 0 Å². The van der Waals surface area contributed by atoms with Crippen LogP contribution in [0, 0.1) is 0 Å². The second-order valence-electron chi connectivity index (χ2n) is 7.00. The summed E-state index contributed by atoms with van der Waals surface area (Å²) in [6.07, 6.45) is 0. The van der Waals surface area contributed by atoms with Crippen molar-refractivity contribution in [2.45, 2.75) is 24.4 Å². The van der Waals surface area contributed by atoms with Gasteiger partial charge in [0, 0.05) is 23.1 Å². The summed E-state index contributed by atoms with van der Waals surface area (Å²) in [5.74, 6) is 2.03. The Morgan fingerprint density at radius 2 is 1.88 bits per heavy atom. The molecule has 0 atom stereocenters. The van der Waals surface area contributed by atoms with Crippen molar-refractivity contribution in [2.75, 3.05) is 14.2 Å². The van der Waals surface area contributed by atoms with Gasteiger partial charge < -0.3 is 14.0 Å². The van der Waals surface area contributed by atoms with E-state index in [1.54, 1.807) is 25.6 Å². The highest BCUT2D eigenvalue weighted by molar-refractivity contribution is 7.98. The molecule has 9 heteroatoms. The number of benzene rings is 2. The summed E-state index contributed by atoms with van der Waals surface area (Å²) in [5.41, 5.74) is 4.71. The number of aromatic nitrogens is 5. The van der Waals surface area contributed by atoms with Gasteiger partial charge in [0.2, 0.25) is 5.16 Å². The molecule has 0 aliphatic rings. The smallest absolute Gasteiger partial charge is 0.211 e. The second kappa shape index (κ2) is 8.76. The Hall–Kier alpha value is -3.17. The fourth-order valence-electron chi connectivity index (χ4n) is 3.76. The molecule has 0 amide bonds. The monoisotopic (exact) mass is 463 g/mol. The number of rotatable bonds is 7. The average Bonchev–Trinajstić information content (AvgIpc) is 3.44. The SMILES string of the molecule is CCn1c2ccccc2c2nnc(SCc3csc(-c4cccc(OC)c4OC)n3)nc21. The Morgan fingerprint density at radius 3 is 2.69 bits per heavy atom. The fourth-order valence-corrected chi connectivity index (χ4v) is 5.38. The van der Waals surface area contributed by atoms with Crippen molar-refractivity contribution in [3.63, 3.8) is 0 Å². The van der Waals surface area contributed by atoms with Crippen molar-refractivity contribution in [1.29, 1.82) is 0 Å². The van der Waals surface area contributed by atoms with Crippen LogP contribution in [0.5, 0.6) is 11.5 Å². The molecule has 0 unspecified atom stereocenters. The number of hydrogen-bond donors (Lipinski definition) is 0. The summed E-state index contributed by atoms with van der Waals surface area (Å²) < 4.78 is 13.1. The van der Waals surface area contributed by atoms with Crippen LogP contribution >= 0.6 is 23.1 Å². The molecule has 0 radical (unpaired) electrons. The molecule has 2 aromatic carbocycles. The number of para-hydroxylation sites is 2. The van der Waals surface area contributed by atoms with Crippen molar-refractivity contribution < 1.29 is 9.47 Å². The maximum Gasteiger partial charge on any atom is 0.211 e. The summed E-state index contributed by atoms with van der Waals surface area (Å²) in [5, 5.41) is 13.5. The maximum absolute atomic E-state index is 5.55. The minimum atomic E-state index is 0.642. The Labute approximate surface area is 193 Å². The van der Waals surface area contributed by atoms with E-state index in [4.69, 9.17) is 19.4 Å². The van der Waals surface area contributed by atoms with E-state index < -0.39 is 0 Å². The minimum Gasteiger partial charge on any atom is -0.493 e. The van der Waals surface area contributed by atoms with Crippen LogP contribution in [0.2, 0.25) is 0 Å². The predicted octanol–water partition coefficient (Wildman–Crippen LogP) is 5.43. The Kier molecular flexibility index (Phi) is 5.67. The normalized spacial score (nSPS) is 11.3. The van der Waals surface area contributed by atoms with E-state index in [0.717, 1.165) is 44.9 Å². The van der Waals surface area contributed by atoms with Gasteiger partial charge in [-0.2, -0.15) is 0 Å². The molecule has 0 aliphatic carbocycles. The van der Waals surface area contributed by atoms with Gasteiger partial charge >= 0.3 is 0 Å². The Morgan fingerprint density at radius 1 is 1.00 bits per heavy atom. The van der Waals surface area contributed by atoms with Crippen molar-refractivity contribution in [3.05, 3.63) is 53.5 Å². The van der Waals surface area contributed by atoms with E-state index >= 15 is 0 Å². The molecule has 32 heavy (non-hydrogen) atoms. The maximum atomic E-state index is 5.55. The van der Waals surface area contributed by atoms with Crippen LogP contribution < -0.4 is 9.47 Å². The lowest BCUT2D eigenvalue weighted by Crippen LogP contribution is -1.98. The highest BCUT2D eigenvalue weighted by atomic mass is 32.2. The van der Waals surface area contributed by atoms with Gasteiger partial charge in [0.05, 0.1) is 31.0 Å². The van der Waals surface area contributed by atoms with Gasteiger partial charge in [-0.15, -0.1) is 21.5 Å². The Bertz CT molecular complexity index is 1410. The molecule has 5 aromatic rings. The number of hydrogen-bond acceptors (Lipinski definition) is 8. The van der Waals surface area contributed by atoms with Gasteiger partial charge in [0.1, 0.15) is 10.5 Å². The Balaban J connectivity index is 1.40. The van der Waals surface area contributed by atoms with Crippen LogP contribution in [0.3, 0.4) is 0 Å². The number of methoxy groups -OCH3 is 2. The zero-order valence-corrected chi connectivity index (χ0v) is 19.5. The first-order valence-electron chi connectivity index (χ1n) is 10.1. The summed E-state index contributed by atoms with van der Waals surface area (Å²) in [6, 6.07) is 14.0. The molecular weight excluding hydrogens is 442 g/mol. The van der Waals surface area contributed by atoms with Crippen molar-refractivity contribution in [2.24, 2.45) is 0 Å². The van der Waals surface area contributed by atoms with Crippen LogP contribution in [0.4, 0.5) is 0 Å². The first-order chi connectivity index (χ1) is 15.7. The van der Waals surface area contributed by atoms with Gasteiger partial charge in [-0.3, -0.25) is 0 Å². The van der Waals surface area contributed by atoms with Crippen molar-refractivity contribution in [3.8, 4) is 22.1 Å². The third-order valence-corrected chi connectivity index (χ3v) is 7.00. The third kappa shape index (κ3) is 3.57. The van der Waals surface area contributed by atoms with Crippen LogP contribution in [0.1, 0.15) is 12.6 Å². The molecule has 3 heterocycles. The number of nitrogens with zero attached hydrogens (tertiary/aromatic N) is 5. The molecule has 5 rings (SSSR count). The summed E-state index contributed by atoms with van der Waals surface area (Å²) in [6.45, 7) is 2.94. The van der Waals surface area contributed by atoms with Crippen LogP contribution in [-0.4, -0.2) is 39.0 Å². The zero-order valence-electron chi connectivity index (χ0n) is 17.9. The largest absolute Gasteiger partial charge is 0.493 e. The minimum absolute atomic E-state index is 0.642. The van der Waals surface area contributed by atoms with E-state index in [1.165, 1.54) is 11.8 Å². The van der Waals surface area contributed by atoms with Gasteiger partial charge in [0.25, 0.3) is 0 Å². The van der Waals surface area contributed by atoms with Gasteiger partial charge in [0.15, 0.2) is 17.1 Å². The lowest BCUT2D eigenvalue weighted by atomic mass is 10.2. The molecule has 162 valence electrons. The van der Waals surface area contributed by atoms with Crippen LogP contribution in [0.15, 0.2) is 53.0 Å². The molecule has 0 saturated carbocycles. The molecular formula is C23H21N5O2S2. The highest BCUT2D eigenvalue weighted by Gasteiger charge is 2.16. The number of ether oxygens (including phenoxy) is 2. The molecule has 0 fully saturated rings. The van der Waals surface area contributed by atoms with Crippen LogP contribution in [0.25, 0.3) is 32.6 Å². The van der Waals surface area contributed by atoms with E-state index in [2.05, 4.69) is 39.2 Å². The summed E-state index contributed by atoms with van der Waals surface area (Å²) in [4.78, 5) is 9.60. The van der Waals surface area contributed by atoms with Gasteiger partial charge in [-0.25, -0.2) is 9.97 Å². The summed E-state index contributed by atoms with van der Waals surface area (Å²) in [7, 11) is 3.27. The standard InChI is InChI=1S/C23H21N5O2S2/c1-4-28-17-10-6-5-8-15(17)19-21(28)25-23(27-26-19)32-13-14-12-31-22(24-14)16-9-7-11-18(29-2)20(16)30-3/h5-12H,4,13H2,1-3H3. The van der Waals surface area contributed by atoms with Gasteiger partial charge in [-0.1, -0.05) is 36.0 Å². The third-order valence-electron chi connectivity index (χ3n) is 5.21. The average molecular weight is 464 g/mol. The lowest BCUT2D eigenvalue weighted by Gasteiger charge is -2.10. The first kappa shape index (κ1) is 20.7. The number of fused-ring (bicyclic) bond motifs is 3. The highest BCUT2D eigenvalue weighted by Crippen LogP contribution is 2.39. The number of aryl methyl sites for hydroxylation is 1. The van der Waals surface area contributed by atoms with Crippen molar-refractivity contribution in [1.82, 2.24) is 24.7 Å². The lowest BCUT2D eigenvalue weighted by molar-refractivity contribution is 0.356. The molecule has 0 aliphatic heterocycles. The molecule has 0 bridgehead atoms. The molecule has 3 aromatic heterocycles. The molecule has 0 saturated heterocycles.